The lowest BCUT2D eigenvalue weighted by atomic mass is 9.81. The van der Waals surface area contributed by atoms with Crippen molar-refractivity contribution in [2.75, 3.05) is 66.6 Å². The van der Waals surface area contributed by atoms with Crippen LogP contribution in [0.4, 0.5) is 0 Å². The molecule has 0 spiro atoms. The molecule has 2 heterocycles. The van der Waals surface area contributed by atoms with E-state index in [1.165, 1.54) is 16.7 Å². The third-order valence-corrected chi connectivity index (χ3v) is 8.11. The van der Waals surface area contributed by atoms with Crippen molar-refractivity contribution in [1.82, 2.24) is 14.7 Å². The van der Waals surface area contributed by atoms with Crippen LogP contribution in [0.3, 0.4) is 0 Å². The number of carbonyl (C=O) groups is 1. The number of aliphatic hydroxyl groups excluding tert-OH is 1. The Hall–Kier alpha value is -2.61. The van der Waals surface area contributed by atoms with Crippen molar-refractivity contribution in [3.63, 3.8) is 0 Å². The van der Waals surface area contributed by atoms with E-state index < -0.39 is 0 Å². The first-order chi connectivity index (χ1) is 18.3. The molecule has 0 saturated carbocycles. The molecule has 0 radical (unpaired) electrons. The molecule has 0 aliphatic carbocycles. The predicted octanol–water partition coefficient (Wildman–Crippen LogP) is 3.74. The van der Waals surface area contributed by atoms with Crippen LogP contribution in [0, 0.1) is 5.92 Å². The zero-order chi connectivity index (χ0) is 27.2. The van der Waals surface area contributed by atoms with Gasteiger partial charge in [-0.15, -0.1) is 0 Å². The molecule has 2 aliphatic heterocycles. The fourth-order valence-electron chi connectivity index (χ4n) is 6.00. The van der Waals surface area contributed by atoms with Crippen LogP contribution in [0.2, 0.25) is 0 Å². The molecule has 0 bridgehead atoms. The zero-order valence-electron chi connectivity index (χ0n) is 23.8. The van der Waals surface area contributed by atoms with Crippen molar-refractivity contribution < 1.29 is 19.4 Å². The number of hydrogen-bond donors (Lipinski definition) is 1. The fourth-order valence-corrected chi connectivity index (χ4v) is 6.00. The molecule has 1 saturated heterocycles. The molecule has 7 nitrogen and oxygen atoms in total. The van der Waals surface area contributed by atoms with Gasteiger partial charge in [-0.1, -0.05) is 45.0 Å². The van der Waals surface area contributed by atoms with Crippen LogP contribution in [0.15, 0.2) is 36.4 Å². The van der Waals surface area contributed by atoms with E-state index in [9.17, 15) is 9.90 Å². The largest absolute Gasteiger partial charge is 0.493 e. The van der Waals surface area contributed by atoms with Gasteiger partial charge < -0.3 is 19.5 Å². The summed E-state index contributed by atoms with van der Waals surface area (Å²) in [6.07, 6.45) is 1.86. The molecule has 38 heavy (non-hydrogen) atoms. The Kier molecular flexibility index (Phi) is 9.69. The zero-order valence-corrected chi connectivity index (χ0v) is 23.8. The maximum atomic E-state index is 13.9. The van der Waals surface area contributed by atoms with Crippen LogP contribution in [-0.4, -0.2) is 92.4 Å². The number of carbonyl (C=O) groups excluding carboxylic acids is 1. The van der Waals surface area contributed by atoms with E-state index in [0.717, 1.165) is 50.3 Å². The quantitative estimate of drug-likeness (QED) is 0.512. The lowest BCUT2D eigenvalue weighted by Gasteiger charge is -2.42. The van der Waals surface area contributed by atoms with Gasteiger partial charge in [-0.2, -0.15) is 0 Å². The number of benzene rings is 2. The van der Waals surface area contributed by atoms with Crippen LogP contribution in [-0.2, 0) is 17.6 Å². The number of piperazine rings is 1. The van der Waals surface area contributed by atoms with Crippen molar-refractivity contribution in [2.45, 2.75) is 45.6 Å². The second-order valence-electron chi connectivity index (χ2n) is 11.2. The number of hydrogen-bond acceptors (Lipinski definition) is 6. The van der Waals surface area contributed by atoms with Gasteiger partial charge in [-0.25, -0.2) is 0 Å². The fraction of sp³-hybridized carbons (Fsp3) is 0.581. The molecule has 2 unspecified atom stereocenters. The number of amides is 1. The summed E-state index contributed by atoms with van der Waals surface area (Å²) < 4.78 is 11.3. The van der Waals surface area contributed by atoms with Crippen molar-refractivity contribution >= 4 is 5.91 Å². The molecular weight excluding hydrogens is 478 g/mol. The van der Waals surface area contributed by atoms with Crippen LogP contribution < -0.4 is 9.47 Å². The summed E-state index contributed by atoms with van der Waals surface area (Å²) in [6, 6.07) is 13.0. The summed E-state index contributed by atoms with van der Waals surface area (Å²) in [5, 5.41) is 9.25. The molecule has 2 aromatic carbocycles. The Bertz CT molecular complexity index is 1060. The summed E-state index contributed by atoms with van der Waals surface area (Å²) in [5.41, 5.74) is 4.95. The number of fused-ring (bicyclic) bond motifs is 1. The van der Waals surface area contributed by atoms with E-state index in [2.05, 4.69) is 71.9 Å². The lowest BCUT2D eigenvalue weighted by Crippen LogP contribution is -2.52. The average molecular weight is 524 g/mol. The highest BCUT2D eigenvalue weighted by atomic mass is 16.5. The number of rotatable bonds is 10. The van der Waals surface area contributed by atoms with Crippen LogP contribution >= 0.6 is 0 Å². The van der Waals surface area contributed by atoms with Gasteiger partial charge in [0.15, 0.2) is 11.5 Å². The first-order valence-electron chi connectivity index (χ1n) is 14.0. The first kappa shape index (κ1) is 28.4. The van der Waals surface area contributed by atoms with E-state index in [1.54, 1.807) is 14.2 Å². The van der Waals surface area contributed by atoms with Gasteiger partial charge in [-0.05, 0) is 53.1 Å². The Morgan fingerprint density at radius 2 is 1.58 bits per heavy atom. The third-order valence-electron chi connectivity index (χ3n) is 8.11. The van der Waals surface area contributed by atoms with Crippen molar-refractivity contribution in [2.24, 2.45) is 5.92 Å². The molecule has 2 atom stereocenters. The summed E-state index contributed by atoms with van der Waals surface area (Å²) >= 11 is 0. The molecule has 1 fully saturated rings. The number of β-amino-alcohol motifs (C(OH)–C–C–N with tert-alkyl or cyclic N) is 1. The molecule has 0 aromatic heterocycles. The highest BCUT2D eigenvalue weighted by Gasteiger charge is 2.37. The Labute approximate surface area is 228 Å². The minimum absolute atomic E-state index is 0.0855. The van der Waals surface area contributed by atoms with Gasteiger partial charge in [0, 0.05) is 45.2 Å². The molecule has 1 N–H and O–H groups in total. The molecule has 2 aromatic rings. The summed E-state index contributed by atoms with van der Waals surface area (Å²) in [4.78, 5) is 20.5. The number of nitrogens with zero attached hydrogens (tertiary/aromatic N) is 3. The van der Waals surface area contributed by atoms with Crippen molar-refractivity contribution in [3.8, 4) is 11.5 Å². The van der Waals surface area contributed by atoms with Crippen LogP contribution in [0.5, 0.6) is 11.5 Å². The first-order valence-corrected chi connectivity index (χ1v) is 14.0. The van der Waals surface area contributed by atoms with Gasteiger partial charge in [0.05, 0.1) is 33.4 Å². The Morgan fingerprint density at radius 1 is 0.947 bits per heavy atom. The molecule has 4 rings (SSSR count). The van der Waals surface area contributed by atoms with Gasteiger partial charge in [0.2, 0.25) is 5.91 Å². The average Bonchev–Trinajstić information content (AvgIpc) is 2.92. The van der Waals surface area contributed by atoms with E-state index in [1.807, 2.05) is 0 Å². The Morgan fingerprint density at radius 3 is 2.18 bits per heavy atom. The standard InChI is InChI=1S/C31H45N3O4/c1-22(2)18-24-6-8-25(9-7-24)23(3)31-27-20-29(38-5)28(37-4)19-26(27)10-11-34(31)30(36)21-33-14-12-32(13-15-33)16-17-35/h6-9,19-20,22-23,31,35H,10-18,21H2,1-5H3. The minimum Gasteiger partial charge on any atom is -0.493 e. The Balaban J connectivity index is 1.61. The van der Waals surface area contributed by atoms with Gasteiger partial charge >= 0.3 is 0 Å². The topological polar surface area (TPSA) is 65.5 Å². The van der Waals surface area contributed by atoms with Crippen molar-refractivity contribution in [1.29, 1.82) is 0 Å². The normalized spacial score (nSPS) is 19.3. The molecule has 2 aliphatic rings. The summed E-state index contributed by atoms with van der Waals surface area (Å²) in [6.45, 7) is 12.2. The second-order valence-corrected chi connectivity index (χ2v) is 11.2. The van der Waals surface area contributed by atoms with Gasteiger partial charge in [0.1, 0.15) is 0 Å². The molecule has 7 heteroatoms. The second kappa shape index (κ2) is 13.0. The van der Waals surface area contributed by atoms with Crippen LogP contribution in [0.25, 0.3) is 0 Å². The minimum atomic E-state index is -0.0855. The molecule has 1 amide bonds. The SMILES string of the molecule is COc1cc2c(cc1OC)C(C(C)c1ccc(CC(C)C)cc1)N(C(=O)CN1CCN(CCO)CC1)CC2. The summed E-state index contributed by atoms with van der Waals surface area (Å²) in [5.74, 6) is 2.34. The molecular formula is C31H45N3O4. The predicted molar refractivity (Wildman–Crippen MR) is 151 cm³/mol. The van der Waals surface area contributed by atoms with E-state index in [4.69, 9.17) is 9.47 Å². The third kappa shape index (κ3) is 6.50. The van der Waals surface area contributed by atoms with E-state index in [0.29, 0.717) is 31.3 Å². The van der Waals surface area contributed by atoms with E-state index >= 15 is 0 Å². The number of methoxy groups -OCH3 is 2. The summed E-state index contributed by atoms with van der Waals surface area (Å²) in [7, 11) is 3.33. The van der Waals surface area contributed by atoms with Gasteiger partial charge in [0.25, 0.3) is 0 Å². The van der Waals surface area contributed by atoms with Crippen molar-refractivity contribution in [3.05, 3.63) is 58.7 Å². The maximum Gasteiger partial charge on any atom is 0.237 e. The number of ether oxygens (including phenoxy) is 2. The maximum absolute atomic E-state index is 13.9. The van der Waals surface area contributed by atoms with Gasteiger partial charge in [-0.3, -0.25) is 14.6 Å². The monoisotopic (exact) mass is 523 g/mol. The smallest absolute Gasteiger partial charge is 0.237 e. The van der Waals surface area contributed by atoms with E-state index in [-0.39, 0.29) is 24.5 Å². The highest BCUT2D eigenvalue weighted by molar-refractivity contribution is 5.79. The lowest BCUT2D eigenvalue weighted by molar-refractivity contribution is -0.136. The highest BCUT2D eigenvalue weighted by Crippen LogP contribution is 2.44. The number of aliphatic hydroxyl groups is 1. The molecule has 208 valence electrons. The van der Waals surface area contributed by atoms with Crippen LogP contribution in [0.1, 0.15) is 55.0 Å².